The Balaban J connectivity index is 1.66. The molecule has 1 aromatic carbocycles. The van der Waals surface area contributed by atoms with Crippen LogP contribution in [0.5, 0.6) is 0 Å². The SMILES string of the molecule is CC(C)C[C@@H](CC(=O)O)CC(=O)c1ccc2c(c1)nc(Cc1cncs1)n2[C@@H]1CCCC[C@H]1C. The molecule has 0 unspecified atom stereocenters. The maximum absolute atomic E-state index is 13.1. The highest BCUT2D eigenvalue weighted by Gasteiger charge is 2.28. The van der Waals surface area contributed by atoms with Crippen LogP contribution < -0.4 is 0 Å². The van der Waals surface area contributed by atoms with Gasteiger partial charge in [-0.05, 0) is 55.2 Å². The molecule has 0 bridgehead atoms. The molecule has 1 aliphatic carbocycles. The number of benzene rings is 1. The van der Waals surface area contributed by atoms with Crippen molar-refractivity contribution in [1.29, 1.82) is 0 Å². The number of ketones is 1. The molecule has 6 nitrogen and oxygen atoms in total. The van der Waals surface area contributed by atoms with Gasteiger partial charge in [0.1, 0.15) is 5.82 Å². The van der Waals surface area contributed by atoms with E-state index in [2.05, 4.69) is 30.3 Å². The summed E-state index contributed by atoms with van der Waals surface area (Å²) in [6.07, 6.45) is 8.53. The Hall–Kier alpha value is -2.54. The van der Waals surface area contributed by atoms with Crippen LogP contribution in [-0.4, -0.2) is 31.4 Å². The highest BCUT2D eigenvalue weighted by molar-refractivity contribution is 7.09. The van der Waals surface area contributed by atoms with E-state index in [0.717, 1.165) is 36.1 Å². The van der Waals surface area contributed by atoms with Crippen LogP contribution in [0.15, 0.2) is 29.9 Å². The first-order chi connectivity index (χ1) is 16.3. The van der Waals surface area contributed by atoms with Crippen LogP contribution in [0.4, 0.5) is 0 Å². The topological polar surface area (TPSA) is 85.1 Å². The lowest BCUT2D eigenvalue weighted by molar-refractivity contribution is -0.138. The van der Waals surface area contributed by atoms with Gasteiger partial charge in [-0.25, -0.2) is 4.98 Å². The van der Waals surface area contributed by atoms with Crippen molar-refractivity contribution < 1.29 is 14.7 Å². The molecular weight excluding hydrogens is 446 g/mol. The average Bonchev–Trinajstić information content (AvgIpc) is 3.40. The first-order valence-electron chi connectivity index (χ1n) is 12.4. The number of aliphatic carboxylic acids is 1. The third-order valence-electron chi connectivity index (χ3n) is 7.04. The molecule has 0 radical (unpaired) electrons. The van der Waals surface area contributed by atoms with E-state index in [1.165, 1.54) is 24.1 Å². The smallest absolute Gasteiger partial charge is 0.303 e. The van der Waals surface area contributed by atoms with Gasteiger partial charge in [-0.15, -0.1) is 11.3 Å². The molecule has 1 aliphatic rings. The van der Waals surface area contributed by atoms with Gasteiger partial charge in [0, 0.05) is 41.9 Å². The van der Waals surface area contributed by atoms with Crippen molar-refractivity contribution in [2.75, 3.05) is 0 Å². The molecule has 34 heavy (non-hydrogen) atoms. The average molecular weight is 482 g/mol. The maximum Gasteiger partial charge on any atom is 0.303 e. The van der Waals surface area contributed by atoms with E-state index in [9.17, 15) is 14.7 Å². The number of thiazole rings is 1. The molecule has 1 fully saturated rings. The molecular formula is C27H35N3O3S. The summed E-state index contributed by atoms with van der Waals surface area (Å²) >= 11 is 1.64. The predicted molar refractivity (Wildman–Crippen MR) is 135 cm³/mol. The number of hydrogen-bond donors (Lipinski definition) is 1. The molecule has 0 amide bonds. The minimum absolute atomic E-state index is 0.00149. The molecule has 3 aromatic rings. The molecule has 7 heteroatoms. The third kappa shape index (κ3) is 5.74. The van der Waals surface area contributed by atoms with Crippen molar-refractivity contribution in [1.82, 2.24) is 14.5 Å². The quantitative estimate of drug-likeness (QED) is 0.332. The van der Waals surface area contributed by atoms with E-state index in [0.29, 0.717) is 23.4 Å². The molecule has 1 N–H and O–H groups in total. The van der Waals surface area contributed by atoms with Gasteiger partial charge >= 0.3 is 5.97 Å². The van der Waals surface area contributed by atoms with Gasteiger partial charge in [0.05, 0.1) is 16.5 Å². The van der Waals surface area contributed by atoms with Gasteiger partial charge in [0.15, 0.2) is 5.78 Å². The van der Waals surface area contributed by atoms with E-state index in [-0.39, 0.29) is 24.5 Å². The number of carboxylic acid groups (broad SMARTS) is 1. The Morgan fingerprint density at radius 1 is 1.21 bits per heavy atom. The Bertz CT molecular complexity index is 1140. The van der Waals surface area contributed by atoms with E-state index in [4.69, 9.17) is 4.98 Å². The summed E-state index contributed by atoms with van der Waals surface area (Å²) in [5.41, 5.74) is 4.41. The summed E-state index contributed by atoms with van der Waals surface area (Å²) in [6.45, 7) is 6.46. The minimum Gasteiger partial charge on any atom is -0.481 e. The summed E-state index contributed by atoms with van der Waals surface area (Å²) in [7, 11) is 0. The molecule has 0 aliphatic heterocycles. The van der Waals surface area contributed by atoms with Gasteiger partial charge in [0.2, 0.25) is 0 Å². The lowest BCUT2D eigenvalue weighted by Crippen LogP contribution is -2.22. The second kappa shape index (κ2) is 10.8. The van der Waals surface area contributed by atoms with E-state index >= 15 is 0 Å². The Kier molecular flexibility index (Phi) is 7.81. The van der Waals surface area contributed by atoms with Crippen molar-refractivity contribution in [3.05, 3.63) is 46.2 Å². The molecule has 2 heterocycles. The predicted octanol–water partition coefficient (Wildman–Crippen LogP) is 6.54. The van der Waals surface area contributed by atoms with Crippen molar-refractivity contribution in [3.63, 3.8) is 0 Å². The van der Waals surface area contributed by atoms with Crippen LogP contribution in [0.1, 0.15) is 92.8 Å². The maximum atomic E-state index is 13.1. The van der Waals surface area contributed by atoms with Crippen LogP contribution in [0.3, 0.4) is 0 Å². The zero-order valence-corrected chi connectivity index (χ0v) is 21.2. The fourth-order valence-electron chi connectivity index (χ4n) is 5.51. The van der Waals surface area contributed by atoms with Gasteiger partial charge in [-0.1, -0.05) is 33.6 Å². The number of nitrogens with zero attached hydrogens (tertiary/aromatic N) is 3. The van der Waals surface area contributed by atoms with Crippen LogP contribution >= 0.6 is 11.3 Å². The highest BCUT2D eigenvalue weighted by atomic mass is 32.1. The number of carboxylic acids is 1. The number of rotatable bonds is 10. The number of Topliss-reactive ketones (excluding diaryl/α,β-unsaturated/α-hetero) is 1. The number of fused-ring (bicyclic) bond motifs is 1. The van der Waals surface area contributed by atoms with E-state index in [1.807, 2.05) is 29.9 Å². The number of carbonyl (C=O) groups excluding carboxylic acids is 1. The number of hydrogen-bond acceptors (Lipinski definition) is 5. The van der Waals surface area contributed by atoms with Gasteiger partial charge in [-0.3, -0.25) is 14.6 Å². The molecule has 0 spiro atoms. The molecule has 182 valence electrons. The Morgan fingerprint density at radius 2 is 2.00 bits per heavy atom. The van der Waals surface area contributed by atoms with E-state index < -0.39 is 5.97 Å². The Labute approximate surface area is 205 Å². The summed E-state index contributed by atoms with van der Waals surface area (Å²) in [5, 5.41) is 9.28. The van der Waals surface area contributed by atoms with Crippen molar-refractivity contribution in [2.45, 2.75) is 78.2 Å². The normalized spacial score (nSPS) is 19.5. The van der Waals surface area contributed by atoms with Gasteiger partial charge in [0.25, 0.3) is 0 Å². The number of aromatic nitrogens is 3. The highest BCUT2D eigenvalue weighted by Crippen LogP contribution is 2.37. The lowest BCUT2D eigenvalue weighted by Gasteiger charge is -2.31. The molecule has 1 saturated carbocycles. The van der Waals surface area contributed by atoms with Gasteiger partial charge < -0.3 is 9.67 Å². The summed E-state index contributed by atoms with van der Waals surface area (Å²) in [4.78, 5) is 34.9. The fraction of sp³-hybridized carbons (Fsp3) is 0.556. The second-order valence-corrected chi connectivity index (χ2v) is 11.3. The monoisotopic (exact) mass is 481 g/mol. The zero-order valence-electron chi connectivity index (χ0n) is 20.4. The third-order valence-corrected chi connectivity index (χ3v) is 7.82. The minimum atomic E-state index is -0.845. The Morgan fingerprint density at radius 3 is 2.68 bits per heavy atom. The summed E-state index contributed by atoms with van der Waals surface area (Å²) < 4.78 is 2.42. The first-order valence-corrected chi connectivity index (χ1v) is 13.3. The number of carbonyl (C=O) groups is 2. The second-order valence-electron chi connectivity index (χ2n) is 10.3. The van der Waals surface area contributed by atoms with Gasteiger partial charge in [-0.2, -0.15) is 0 Å². The standard InChI is InChI=1S/C27H35N3O3S/c1-17(2)10-19(12-27(32)33)11-25(31)20-8-9-24-22(13-20)29-26(14-21-15-28-16-34-21)30(24)23-7-5-4-6-18(23)3/h8-9,13,15-19,23H,4-7,10-12,14H2,1-3H3,(H,32,33)/t18-,19-,23-/m1/s1. The van der Waals surface area contributed by atoms with Crippen LogP contribution in [0, 0.1) is 17.8 Å². The summed E-state index contributed by atoms with van der Waals surface area (Å²) in [5.74, 6) is 0.970. The van der Waals surface area contributed by atoms with E-state index in [1.54, 1.807) is 11.3 Å². The zero-order chi connectivity index (χ0) is 24.2. The summed E-state index contributed by atoms with van der Waals surface area (Å²) in [6, 6.07) is 6.27. The number of imidazole rings is 1. The lowest BCUT2D eigenvalue weighted by atomic mass is 9.85. The van der Waals surface area contributed by atoms with Crippen LogP contribution in [0.25, 0.3) is 11.0 Å². The fourth-order valence-corrected chi connectivity index (χ4v) is 6.11. The van der Waals surface area contributed by atoms with Crippen molar-refractivity contribution >= 4 is 34.1 Å². The molecule has 2 aromatic heterocycles. The van der Waals surface area contributed by atoms with Crippen molar-refractivity contribution in [3.8, 4) is 0 Å². The molecule has 3 atom stereocenters. The molecule has 0 saturated heterocycles. The van der Waals surface area contributed by atoms with Crippen molar-refractivity contribution in [2.24, 2.45) is 17.8 Å². The van der Waals surface area contributed by atoms with Crippen LogP contribution in [0.2, 0.25) is 0 Å². The first kappa shape index (κ1) is 24.6. The molecule has 4 rings (SSSR count). The largest absolute Gasteiger partial charge is 0.481 e. The van der Waals surface area contributed by atoms with Crippen LogP contribution in [-0.2, 0) is 11.2 Å².